The molecule has 0 amide bonds. The van der Waals surface area contributed by atoms with Crippen LogP contribution < -0.4 is 16.0 Å². The Bertz CT molecular complexity index is 1760. The zero-order valence-electron chi connectivity index (χ0n) is 24.4. The van der Waals surface area contributed by atoms with Crippen LogP contribution in [0.1, 0.15) is 55.8 Å². The molecule has 228 valence electrons. The van der Waals surface area contributed by atoms with Gasteiger partial charge in [-0.15, -0.1) is 10.2 Å². The van der Waals surface area contributed by atoms with Crippen molar-refractivity contribution in [1.82, 2.24) is 24.7 Å². The first kappa shape index (κ1) is 29.5. The Morgan fingerprint density at radius 3 is 2.16 bits per heavy atom. The summed E-state index contributed by atoms with van der Waals surface area (Å²) in [6.45, 7) is 3.53. The largest absolute Gasteiger partial charge is 0.474 e. The molecule has 5 heterocycles. The number of nitrogens with zero attached hydrogens (tertiary/aromatic N) is 5. The van der Waals surface area contributed by atoms with E-state index in [2.05, 4.69) is 68.7 Å². The molecule has 1 aliphatic heterocycles. The Kier molecular flexibility index (Phi) is 9.54. The molecule has 4 bridgehead atoms. The van der Waals surface area contributed by atoms with Crippen LogP contribution in [0.3, 0.4) is 0 Å². The number of likely N-dealkylation sites (tertiary alicyclic amines) is 1. The van der Waals surface area contributed by atoms with E-state index in [1.54, 1.807) is 0 Å². The molecule has 0 saturated carbocycles. The first-order chi connectivity index (χ1) is 21.6. The fourth-order valence-corrected chi connectivity index (χ4v) is 5.45. The summed E-state index contributed by atoms with van der Waals surface area (Å²) in [5.74, 6) is -0.0201. The van der Waals surface area contributed by atoms with Crippen molar-refractivity contribution in [3.63, 3.8) is 0 Å². The summed E-state index contributed by atoms with van der Waals surface area (Å²) in [5.41, 5.74) is 1.20. The third-order valence-corrected chi connectivity index (χ3v) is 7.73. The topological polar surface area (TPSA) is 125 Å². The average molecular weight is 598 g/mol. The molecule has 44 heavy (non-hydrogen) atoms. The van der Waals surface area contributed by atoms with Gasteiger partial charge >= 0.3 is 17.1 Å². The number of unbranched alkanes of at least 4 members (excludes halogenated alkanes) is 3. The molecule has 11 nitrogen and oxygen atoms in total. The van der Waals surface area contributed by atoms with Crippen molar-refractivity contribution < 1.29 is 18.3 Å². The minimum absolute atomic E-state index is 0.0502. The van der Waals surface area contributed by atoms with Gasteiger partial charge < -0.3 is 23.2 Å². The van der Waals surface area contributed by atoms with Crippen LogP contribution in [0, 0.1) is 0 Å². The van der Waals surface area contributed by atoms with Crippen LogP contribution in [0.15, 0.2) is 97.3 Å². The summed E-state index contributed by atoms with van der Waals surface area (Å²) in [6, 6.07) is 24.3. The predicted molar refractivity (Wildman–Crippen MR) is 163 cm³/mol. The molecule has 0 unspecified atom stereocenters. The lowest BCUT2D eigenvalue weighted by atomic mass is 10.00. The molecule has 0 aliphatic carbocycles. The summed E-state index contributed by atoms with van der Waals surface area (Å²) in [6.07, 6.45) is 6.23. The molecular weight excluding hydrogens is 562 g/mol. The van der Waals surface area contributed by atoms with Crippen LogP contribution in [0.25, 0.3) is 17.1 Å². The molecule has 1 saturated heterocycles. The van der Waals surface area contributed by atoms with E-state index >= 15 is 0 Å². The fourth-order valence-electron chi connectivity index (χ4n) is 5.45. The minimum atomic E-state index is -0.789. The summed E-state index contributed by atoms with van der Waals surface area (Å²) < 4.78 is 24.2. The second kappa shape index (κ2) is 14.2. The normalized spacial score (nSPS) is 14.4. The SMILES string of the molecule is O=c1ccc(=O)oc2nnc3cc(o1)c(OCCCCCCN1CCC(OC(c4ccccc4)c4ccccc4)CC1)nn32. The molecule has 0 radical (unpaired) electrons. The lowest BCUT2D eigenvalue weighted by molar-refractivity contribution is -0.0271. The van der Waals surface area contributed by atoms with Crippen molar-refractivity contribution in [2.24, 2.45) is 0 Å². The smallest absolute Gasteiger partial charge is 0.347 e. The zero-order chi connectivity index (χ0) is 30.1. The molecule has 1 fully saturated rings. The van der Waals surface area contributed by atoms with Crippen LogP contribution in [0.2, 0.25) is 0 Å². The minimum Gasteiger partial charge on any atom is -0.474 e. The van der Waals surface area contributed by atoms with Gasteiger partial charge in [-0.05, 0) is 43.4 Å². The molecule has 6 aromatic rings. The summed E-state index contributed by atoms with van der Waals surface area (Å²) in [4.78, 5) is 26.5. The maximum Gasteiger partial charge on any atom is 0.347 e. The van der Waals surface area contributed by atoms with Gasteiger partial charge in [-0.3, -0.25) is 0 Å². The van der Waals surface area contributed by atoms with Crippen molar-refractivity contribution >= 4 is 17.1 Å². The van der Waals surface area contributed by atoms with Gasteiger partial charge in [0.15, 0.2) is 11.2 Å². The molecule has 4 aromatic heterocycles. The van der Waals surface area contributed by atoms with Crippen molar-refractivity contribution in [2.45, 2.75) is 50.7 Å². The number of ether oxygens (including phenoxy) is 2. The molecule has 1 aliphatic rings. The van der Waals surface area contributed by atoms with E-state index in [4.69, 9.17) is 18.3 Å². The number of piperidine rings is 1. The molecule has 0 N–H and O–H groups in total. The third-order valence-electron chi connectivity index (χ3n) is 7.73. The van der Waals surface area contributed by atoms with Crippen LogP contribution in [0.4, 0.5) is 0 Å². The van der Waals surface area contributed by atoms with Crippen molar-refractivity contribution in [3.8, 4) is 5.88 Å². The molecule has 0 spiro atoms. The van der Waals surface area contributed by atoms with Crippen LogP contribution >= 0.6 is 0 Å². The second-order valence-electron chi connectivity index (χ2n) is 10.9. The number of hydrogen-bond donors (Lipinski definition) is 0. The van der Waals surface area contributed by atoms with Crippen LogP contribution in [-0.2, 0) is 4.74 Å². The molecular formula is C33H35N5O6. The van der Waals surface area contributed by atoms with E-state index in [1.165, 1.54) is 21.7 Å². The van der Waals surface area contributed by atoms with Gasteiger partial charge in [0.2, 0.25) is 0 Å². The Hall–Kier alpha value is -4.61. The average Bonchev–Trinajstić information content (AvgIpc) is 3.42. The summed E-state index contributed by atoms with van der Waals surface area (Å²) in [7, 11) is 0. The Labute approximate surface area is 253 Å². The van der Waals surface area contributed by atoms with Crippen molar-refractivity contribution in [3.05, 3.63) is 111 Å². The fraction of sp³-hybridized carbons (Fsp3) is 0.364. The van der Waals surface area contributed by atoms with Crippen molar-refractivity contribution in [2.75, 3.05) is 26.2 Å². The number of hydrogen-bond acceptors (Lipinski definition) is 10. The van der Waals surface area contributed by atoms with E-state index < -0.39 is 11.3 Å². The highest BCUT2D eigenvalue weighted by molar-refractivity contribution is 5.60. The van der Waals surface area contributed by atoms with Gasteiger partial charge in [-0.2, -0.15) is 4.52 Å². The maximum atomic E-state index is 12.1. The summed E-state index contributed by atoms with van der Waals surface area (Å²) in [5, 5.41) is 12.0. The Balaban J connectivity index is 0.943. The van der Waals surface area contributed by atoms with Crippen LogP contribution in [0.5, 0.6) is 5.88 Å². The first-order valence-corrected chi connectivity index (χ1v) is 15.1. The molecule has 7 rings (SSSR count). The lowest BCUT2D eigenvalue weighted by Crippen LogP contribution is -2.38. The van der Waals surface area contributed by atoms with E-state index in [0.717, 1.165) is 70.3 Å². The van der Waals surface area contributed by atoms with E-state index in [0.29, 0.717) is 6.61 Å². The van der Waals surface area contributed by atoms with Crippen molar-refractivity contribution in [1.29, 1.82) is 0 Å². The van der Waals surface area contributed by atoms with E-state index in [1.807, 2.05) is 12.1 Å². The number of fused-ring (bicyclic) bond motifs is 6. The quantitative estimate of drug-likeness (QED) is 0.182. The van der Waals surface area contributed by atoms with Gasteiger partial charge in [0, 0.05) is 31.3 Å². The van der Waals surface area contributed by atoms with E-state index in [9.17, 15) is 9.59 Å². The number of rotatable bonds is 12. The predicted octanol–water partition coefficient (Wildman–Crippen LogP) is 4.96. The zero-order valence-corrected chi connectivity index (χ0v) is 24.4. The van der Waals surface area contributed by atoms with Gasteiger partial charge in [0.25, 0.3) is 5.88 Å². The lowest BCUT2D eigenvalue weighted by Gasteiger charge is -2.34. The molecule has 0 atom stereocenters. The van der Waals surface area contributed by atoms with E-state index in [-0.39, 0.29) is 35.2 Å². The standard InChI is InChI=1S/C33H35N5O6/c39-29-15-16-30(40)44-33-35-34-28-23-27(43-29)32(36-38(28)33)41-22-10-2-1-9-19-37-20-17-26(18-21-37)42-31(24-11-5-3-6-12-24)25-13-7-4-8-14-25/h3-8,11-16,23,26,31H,1-2,9-10,17-22H2. The third kappa shape index (κ3) is 7.47. The Morgan fingerprint density at radius 2 is 1.45 bits per heavy atom. The second-order valence-corrected chi connectivity index (χ2v) is 10.9. The highest BCUT2D eigenvalue weighted by Crippen LogP contribution is 2.30. The number of aromatic nitrogens is 4. The highest BCUT2D eigenvalue weighted by Gasteiger charge is 2.24. The molecule has 11 heteroatoms. The van der Waals surface area contributed by atoms with Gasteiger partial charge in [-0.1, -0.05) is 78.6 Å². The Morgan fingerprint density at radius 1 is 0.795 bits per heavy atom. The highest BCUT2D eigenvalue weighted by atomic mass is 16.5. The maximum absolute atomic E-state index is 12.1. The van der Waals surface area contributed by atoms with Gasteiger partial charge in [-0.25, -0.2) is 9.59 Å². The van der Waals surface area contributed by atoms with Crippen LogP contribution in [-0.4, -0.2) is 57.1 Å². The molecule has 2 aromatic carbocycles. The van der Waals surface area contributed by atoms with Gasteiger partial charge in [0.05, 0.1) is 12.7 Å². The first-order valence-electron chi connectivity index (χ1n) is 15.1. The monoisotopic (exact) mass is 597 g/mol. The number of benzene rings is 2. The van der Waals surface area contributed by atoms with Gasteiger partial charge in [0.1, 0.15) is 6.10 Å². The summed E-state index contributed by atoms with van der Waals surface area (Å²) >= 11 is 0.